The van der Waals surface area contributed by atoms with Crippen LogP contribution in [0.4, 0.5) is 23.7 Å². The van der Waals surface area contributed by atoms with Crippen LogP contribution in [0.3, 0.4) is 0 Å². The van der Waals surface area contributed by atoms with Gasteiger partial charge in [0.1, 0.15) is 12.3 Å². The molecule has 0 aromatic heterocycles. The second-order valence-corrected chi connectivity index (χ2v) is 8.26. The standard InChI is InChI=1S/C19H12F3IN2O4S/c20-19(21,22)11-2-1-3-12(8-11)24-16(27)9-25-17(28)15(30-18(25)29)7-10-4-5-14(26)13(23)6-10/h1-8,26H,9H2,(H,24,27)/b15-7-. The fourth-order valence-corrected chi connectivity index (χ4v) is 3.90. The van der Waals surface area contributed by atoms with E-state index in [1.807, 2.05) is 22.6 Å². The number of alkyl halides is 3. The molecule has 156 valence electrons. The van der Waals surface area contributed by atoms with Crippen LogP contribution >= 0.6 is 34.4 Å². The van der Waals surface area contributed by atoms with E-state index in [1.165, 1.54) is 18.2 Å². The Hall–Kier alpha value is -2.54. The van der Waals surface area contributed by atoms with Crippen molar-refractivity contribution in [1.29, 1.82) is 0 Å². The first kappa shape index (κ1) is 22.2. The van der Waals surface area contributed by atoms with Crippen LogP contribution in [0.25, 0.3) is 6.08 Å². The van der Waals surface area contributed by atoms with Crippen molar-refractivity contribution in [3.05, 3.63) is 62.1 Å². The number of phenols is 1. The van der Waals surface area contributed by atoms with Gasteiger partial charge in [0.2, 0.25) is 5.91 Å². The molecule has 1 fully saturated rings. The van der Waals surface area contributed by atoms with Crippen molar-refractivity contribution in [1.82, 2.24) is 4.90 Å². The van der Waals surface area contributed by atoms with Crippen LogP contribution in [0.5, 0.6) is 5.75 Å². The number of nitrogens with one attached hydrogen (secondary N) is 1. The maximum atomic E-state index is 12.8. The fourth-order valence-electron chi connectivity index (χ4n) is 2.52. The van der Waals surface area contributed by atoms with Crippen LogP contribution < -0.4 is 5.32 Å². The summed E-state index contributed by atoms with van der Waals surface area (Å²) in [6.45, 7) is -0.634. The summed E-state index contributed by atoms with van der Waals surface area (Å²) < 4.78 is 38.9. The average Bonchev–Trinajstić information content (AvgIpc) is 2.91. The summed E-state index contributed by atoms with van der Waals surface area (Å²) in [6.07, 6.45) is -3.11. The minimum atomic E-state index is -4.57. The number of aromatic hydroxyl groups is 1. The molecule has 1 heterocycles. The third-order valence-corrected chi connectivity index (χ3v) is 5.69. The first-order chi connectivity index (χ1) is 14.0. The lowest BCUT2D eigenvalue weighted by Crippen LogP contribution is -2.36. The number of carbonyl (C=O) groups excluding carboxylic acids is 3. The van der Waals surface area contributed by atoms with Crippen molar-refractivity contribution in [2.75, 3.05) is 11.9 Å². The van der Waals surface area contributed by atoms with E-state index in [9.17, 15) is 32.7 Å². The zero-order chi connectivity index (χ0) is 22.1. The molecule has 2 aromatic carbocycles. The van der Waals surface area contributed by atoms with Gasteiger partial charge >= 0.3 is 6.18 Å². The molecule has 0 atom stereocenters. The first-order valence-corrected chi connectivity index (χ1v) is 10.1. The van der Waals surface area contributed by atoms with E-state index in [1.54, 1.807) is 12.1 Å². The van der Waals surface area contributed by atoms with Crippen LogP contribution in [-0.2, 0) is 15.8 Å². The summed E-state index contributed by atoms with van der Waals surface area (Å²) >= 11 is 2.56. The Morgan fingerprint density at radius 3 is 2.60 bits per heavy atom. The molecule has 3 amide bonds. The lowest BCUT2D eigenvalue weighted by Gasteiger charge is -2.13. The van der Waals surface area contributed by atoms with Gasteiger partial charge in [-0.1, -0.05) is 12.1 Å². The number of benzene rings is 2. The van der Waals surface area contributed by atoms with Gasteiger partial charge in [0.25, 0.3) is 11.1 Å². The minimum Gasteiger partial charge on any atom is -0.507 e. The van der Waals surface area contributed by atoms with Crippen LogP contribution in [0.15, 0.2) is 47.4 Å². The Morgan fingerprint density at radius 2 is 1.93 bits per heavy atom. The Morgan fingerprint density at radius 1 is 1.20 bits per heavy atom. The Kier molecular flexibility index (Phi) is 6.41. The zero-order valence-corrected chi connectivity index (χ0v) is 17.8. The normalized spacial score (nSPS) is 15.7. The number of amides is 3. The highest BCUT2D eigenvalue weighted by atomic mass is 127. The summed E-state index contributed by atoms with van der Waals surface area (Å²) in [5.41, 5.74) is -0.454. The van der Waals surface area contributed by atoms with Crippen molar-refractivity contribution in [2.45, 2.75) is 6.18 Å². The van der Waals surface area contributed by atoms with E-state index in [-0.39, 0.29) is 16.3 Å². The van der Waals surface area contributed by atoms with E-state index in [0.29, 0.717) is 25.8 Å². The number of carbonyl (C=O) groups is 3. The highest BCUT2D eigenvalue weighted by Gasteiger charge is 2.36. The molecule has 0 aliphatic carbocycles. The van der Waals surface area contributed by atoms with E-state index in [4.69, 9.17) is 0 Å². The summed E-state index contributed by atoms with van der Waals surface area (Å²) in [6, 6.07) is 8.66. The smallest absolute Gasteiger partial charge is 0.416 e. The summed E-state index contributed by atoms with van der Waals surface area (Å²) in [4.78, 5) is 37.6. The second kappa shape index (κ2) is 8.68. The van der Waals surface area contributed by atoms with Crippen LogP contribution in [0.1, 0.15) is 11.1 Å². The van der Waals surface area contributed by atoms with Gasteiger partial charge < -0.3 is 10.4 Å². The van der Waals surface area contributed by atoms with E-state index >= 15 is 0 Å². The molecule has 0 spiro atoms. The second-order valence-electron chi connectivity index (χ2n) is 6.11. The van der Waals surface area contributed by atoms with E-state index < -0.39 is 35.3 Å². The quantitative estimate of drug-likeness (QED) is 0.428. The molecule has 0 saturated carbocycles. The largest absolute Gasteiger partial charge is 0.507 e. The topological polar surface area (TPSA) is 86.7 Å². The van der Waals surface area contributed by atoms with Crippen LogP contribution in [0, 0.1) is 3.57 Å². The number of hydrogen-bond donors (Lipinski definition) is 2. The van der Waals surface area contributed by atoms with E-state index in [2.05, 4.69) is 5.32 Å². The number of hydrogen-bond acceptors (Lipinski definition) is 5. The first-order valence-electron chi connectivity index (χ1n) is 8.25. The van der Waals surface area contributed by atoms with Gasteiger partial charge in [-0.3, -0.25) is 19.3 Å². The van der Waals surface area contributed by atoms with Gasteiger partial charge in [-0.2, -0.15) is 13.2 Å². The lowest BCUT2D eigenvalue weighted by molar-refractivity contribution is -0.137. The maximum absolute atomic E-state index is 12.8. The predicted molar refractivity (Wildman–Crippen MR) is 114 cm³/mol. The van der Waals surface area contributed by atoms with Crippen molar-refractivity contribution in [2.24, 2.45) is 0 Å². The number of nitrogens with zero attached hydrogens (tertiary/aromatic N) is 1. The van der Waals surface area contributed by atoms with Gasteiger partial charge in [-0.05, 0) is 76.3 Å². The van der Waals surface area contributed by atoms with E-state index in [0.717, 1.165) is 18.2 Å². The summed E-state index contributed by atoms with van der Waals surface area (Å²) in [5, 5.41) is 11.1. The van der Waals surface area contributed by atoms with Gasteiger partial charge in [0, 0.05) is 5.69 Å². The van der Waals surface area contributed by atoms with Gasteiger partial charge in [-0.15, -0.1) is 0 Å². The Balaban J connectivity index is 1.70. The number of imide groups is 1. The van der Waals surface area contributed by atoms with Gasteiger partial charge in [0.15, 0.2) is 0 Å². The van der Waals surface area contributed by atoms with Crippen LogP contribution in [0.2, 0.25) is 0 Å². The maximum Gasteiger partial charge on any atom is 0.416 e. The number of thioether (sulfide) groups is 1. The molecule has 0 unspecified atom stereocenters. The molecule has 1 saturated heterocycles. The molecule has 0 bridgehead atoms. The number of anilines is 1. The lowest BCUT2D eigenvalue weighted by atomic mass is 10.2. The molecule has 2 aromatic rings. The molecule has 30 heavy (non-hydrogen) atoms. The molecule has 11 heteroatoms. The molecule has 2 N–H and O–H groups in total. The molecular formula is C19H12F3IN2O4S. The number of rotatable bonds is 4. The Bertz CT molecular complexity index is 1070. The Labute approximate surface area is 186 Å². The molecule has 6 nitrogen and oxygen atoms in total. The average molecular weight is 548 g/mol. The molecular weight excluding hydrogens is 536 g/mol. The summed E-state index contributed by atoms with van der Waals surface area (Å²) in [7, 11) is 0. The van der Waals surface area contributed by atoms with Crippen molar-refractivity contribution >= 4 is 63.2 Å². The van der Waals surface area contributed by atoms with Crippen molar-refractivity contribution in [3.8, 4) is 5.75 Å². The van der Waals surface area contributed by atoms with Crippen molar-refractivity contribution < 1.29 is 32.7 Å². The third kappa shape index (κ3) is 5.14. The SMILES string of the molecule is O=C(CN1C(=O)S/C(=C\c2ccc(O)c(I)c2)C1=O)Nc1cccc(C(F)(F)F)c1. The van der Waals surface area contributed by atoms with Crippen LogP contribution in [-0.4, -0.2) is 33.6 Å². The fraction of sp³-hybridized carbons (Fsp3) is 0.105. The summed E-state index contributed by atoms with van der Waals surface area (Å²) in [5.74, 6) is -1.42. The molecule has 1 aliphatic rings. The molecule has 0 radical (unpaired) electrons. The molecule has 1 aliphatic heterocycles. The highest BCUT2D eigenvalue weighted by molar-refractivity contribution is 14.1. The predicted octanol–water partition coefficient (Wildman–Crippen LogP) is 4.69. The number of phenolic OH excluding ortho intramolecular Hbond substituents is 1. The zero-order valence-electron chi connectivity index (χ0n) is 14.9. The molecule has 3 rings (SSSR count). The van der Waals surface area contributed by atoms with Gasteiger partial charge in [-0.25, -0.2) is 0 Å². The third-order valence-electron chi connectivity index (χ3n) is 3.92. The minimum absolute atomic E-state index is 0.0760. The van der Waals surface area contributed by atoms with Crippen molar-refractivity contribution in [3.63, 3.8) is 0 Å². The van der Waals surface area contributed by atoms with Gasteiger partial charge in [0.05, 0.1) is 14.0 Å². The number of halogens is 4. The highest BCUT2D eigenvalue weighted by Crippen LogP contribution is 2.33. The monoisotopic (exact) mass is 548 g/mol.